The minimum Gasteiger partial charge on any atom is -0.392 e. The summed E-state index contributed by atoms with van der Waals surface area (Å²) in [5.41, 5.74) is 4.53. The predicted molar refractivity (Wildman–Crippen MR) is 111 cm³/mol. The van der Waals surface area contributed by atoms with Gasteiger partial charge in [-0.25, -0.2) is 4.98 Å². The van der Waals surface area contributed by atoms with Gasteiger partial charge in [-0.3, -0.25) is 4.79 Å². The maximum Gasteiger partial charge on any atom is 0.236 e. The van der Waals surface area contributed by atoms with E-state index in [-0.39, 0.29) is 25.0 Å². The first-order valence-electron chi connectivity index (χ1n) is 9.77. The van der Waals surface area contributed by atoms with Crippen molar-refractivity contribution in [1.82, 2.24) is 14.9 Å². The van der Waals surface area contributed by atoms with Gasteiger partial charge in [-0.1, -0.05) is 18.2 Å². The molecule has 3 N–H and O–H groups in total. The lowest BCUT2D eigenvalue weighted by Crippen LogP contribution is -2.45. The van der Waals surface area contributed by atoms with Crippen LogP contribution in [0.1, 0.15) is 24.8 Å². The Labute approximate surface area is 169 Å². The van der Waals surface area contributed by atoms with Gasteiger partial charge in [0, 0.05) is 42.5 Å². The molecule has 3 aromatic rings. The van der Waals surface area contributed by atoms with E-state index in [0.29, 0.717) is 13.1 Å². The van der Waals surface area contributed by atoms with Crippen molar-refractivity contribution in [2.45, 2.75) is 31.9 Å². The number of aromatic amines is 1. The van der Waals surface area contributed by atoms with Gasteiger partial charge in [0.15, 0.2) is 0 Å². The number of carbonyl (C=O) groups is 1. The third kappa shape index (κ3) is 3.93. The number of nitrogens with one attached hydrogen (secondary N) is 2. The molecule has 1 atom stereocenters. The Bertz CT molecular complexity index is 1070. The molecular weight excluding hydrogens is 366 g/mol. The molecule has 4 rings (SSSR count). The molecule has 0 spiro atoms. The molecule has 0 radical (unpaired) electrons. The minimum atomic E-state index is -0.114. The number of benzene rings is 1. The van der Waals surface area contributed by atoms with Crippen LogP contribution in [0, 0.1) is 11.3 Å². The first-order chi connectivity index (χ1) is 14.2. The second-order valence-electron chi connectivity index (χ2n) is 7.30. The van der Waals surface area contributed by atoms with E-state index in [2.05, 4.69) is 15.3 Å². The number of likely N-dealkylation sites (tertiary alicyclic amines) is 1. The van der Waals surface area contributed by atoms with Crippen LogP contribution in [0.5, 0.6) is 0 Å². The van der Waals surface area contributed by atoms with E-state index in [4.69, 9.17) is 5.26 Å². The van der Waals surface area contributed by atoms with Gasteiger partial charge in [-0.05, 0) is 36.1 Å². The second-order valence-corrected chi connectivity index (χ2v) is 7.30. The van der Waals surface area contributed by atoms with Crippen LogP contribution in [-0.4, -0.2) is 45.0 Å². The van der Waals surface area contributed by atoms with Crippen LogP contribution in [0.3, 0.4) is 0 Å². The number of hydrogen-bond donors (Lipinski definition) is 3. The van der Waals surface area contributed by atoms with Crippen molar-refractivity contribution >= 4 is 22.6 Å². The lowest BCUT2D eigenvalue weighted by molar-refractivity contribution is -0.131. The number of anilines is 1. The number of aliphatic hydroxyl groups is 1. The highest BCUT2D eigenvalue weighted by molar-refractivity contribution is 5.98. The van der Waals surface area contributed by atoms with Crippen LogP contribution in [0.4, 0.5) is 5.69 Å². The standard InChI is InChI=1S/C22H23N5O2/c23-8-6-20(29)27-10-2-5-17(13-27)26-21-18-7-9-24-22(18)25-12-19(21)16-4-1-3-15(11-16)14-28/h1,3-4,7,9,11-12,17,28H,2,5-6,10,13-14H2,(H2,24,25,26). The predicted octanol–water partition coefficient (Wildman–Crippen LogP) is 3.04. The van der Waals surface area contributed by atoms with E-state index in [1.807, 2.05) is 48.8 Å². The number of piperidine rings is 1. The maximum atomic E-state index is 12.2. The monoisotopic (exact) mass is 389 g/mol. The lowest BCUT2D eigenvalue weighted by Gasteiger charge is -2.34. The number of nitrogens with zero attached hydrogens (tertiary/aromatic N) is 3. The third-order valence-corrected chi connectivity index (χ3v) is 5.36. The number of pyridine rings is 1. The Balaban J connectivity index is 1.68. The molecule has 29 heavy (non-hydrogen) atoms. The quantitative estimate of drug-likeness (QED) is 0.622. The number of amides is 1. The largest absolute Gasteiger partial charge is 0.392 e. The minimum absolute atomic E-state index is 0.0188. The Morgan fingerprint density at radius 1 is 1.41 bits per heavy atom. The van der Waals surface area contributed by atoms with E-state index in [0.717, 1.165) is 46.3 Å². The maximum absolute atomic E-state index is 12.2. The zero-order valence-corrected chi connectivity index (χ0v) is 16.1. The van der Waals surface area contributed by atoms with Crippen molar-refractivity contribution in [1.29, 1.82) is 5.26 Å². The summed E-state index contributed by atoms with van der Waals surface area (Å²) in [7, 11) is 0. The molecule has 0 saturated carbocycles. The summed E-state index contributed by atoms with van der Waals surface area (Å²) in [5.74, 6) is -0.114. The average Bonchev–Trinajstić information content (AvgIpc) is 3.24. The number of carbonyl (C=O) groups excluding carboxylic acids is 1. The van der Waals surface area contributed by atoms with Crippen molar-refractivity contribution in [3.63, 3.8) is 0 Å². The van der Waals surface area contributed by atoms with Gasteiger partial charge in [0.25, 0.3) is 0 Å². The molecule has 1 aromatic carbocycles. The molecule has 2 aromatic heterocycles. The van der Waals surface area contributed by atoms with Gasteiger partial charge in [-0.15, -0.1) is 0 Å². The molecule has 1 aliphatic rings. The summed E-state index contributed by atoms with van der Waals surface area (Å²) >= 11 is 0. The molecule has 1 amide bonds. The van der Waals surface area contributed by atoms with Crippen molar-refractivity contribution in [2.75, 3.05) is 18.4 Å². The molecule has 0 aliphatic carbocycles. The summed E-state index contributed by atoms with van der Waals surface area (Å²) in [6.45, 7) is 1.25. The van der Waals surface area contributed by atoms with Crippen molar-refractivity contribution in [2.24, 2.45) is 0 Å². The van der Waals surface area contributed by atoms with E-state index >= 15 is 0 Å². The number of hydrogen-bond acceptors (Lipinski definition) is 5. The SMILES string of the molecule is N#CCC(=O)N1CCCC(Nc2c(-c3cccc(CO)c3)cnc3[nH]ccc23)C1. The fourth-order valence-corrected chi connectivity index (χ4v) is 3.92. The Kier molecular flexibility index (Phi) is 5.45. The first kappa shape index (κ1) is 19.0. The van der Waals surface area contributed by atoms with E-state index in [1.165, 1.54) is 0 Å². The highest BCUT2D eigenvalue weighted by Gasteiger charge is 2.25. The molecule has 3 heterocycles. The number of H-pyrrole nitrogens is 1. The number of aromatic nitrogens is 2. The van der Waals surface area contributed by atoms with Crippen LogP contribution in [0.2, 0.25) is 0 Å². The topological polar surface area (TPSA) is 105 Å². The van der Waals surface area contributed by atoms with Gasteiger partial charge >= 0.3 is 0 Å². The number of fused-ring (bicyclic) bond motifs is 1. The lowest BCUT2D eigenvalue weighted by atomic mass is 9.99. The zero-order valence-electron chi connectivity index (χ0n) is 16.1. The fourth-order valence-electron chi connectivity index (χ4n) is 3.92. The van der Waals surface area contributed by atoms with Crippen molar-refractivity contribution in [3.8, 4) is 17.2 Å². The molecule has 7 heteroatoms. The molecule has 1 aliphatic heterocycles. The summed E-state index contributed by atoms with van der Waals surface area (Å²) in [5, 5.41) is 23.0. The summed E-state index contributed by atoms with van der Waals surface area (Å²) in [6.07, 6.45) is 5.45. The van der Waals surface area contributed by atoms with Gasteiger partial charge in [0.2, 0.25) is 5.91 Å². The van der Waals surface area contributed by atoms with Crippen molar-refractivity contribution < 1.29 is 9.90 Å². The summed E-state index contributed by atoms with van der Waals surface area (Å²) < 4.78 is 0. The molecule has 1 unspecified atom stereocenters. The molecule has 7 nitrogen and oxygen atoms in total. The molecule has 148 valence electrons. The van der Waals surface area contributed by atoms with Gasteiger partial charge in [-0.2, -0.15) is 5.26 Å². The number of aliphatic hydroxyl groups excluding tert-OH is 1. The third-order valence-electron chi connectivity index (χ3n) is 5.36. The molecule has 1 fully saturated rings. The normalized spacial score (nSPS) is 16.6. The van der Waals surface area contributed by atoms with Gasteiger partial charge in [0.1, 0.15) is 12.1 Å². The van der Waals surface area contributed by atoms with Gasteiger partial charge < -0.3 is 20.3 Å². The smallest absolute Gasteiger partial charge is 0.236 e. The summed E-state index contributed by atoms with van der Waals surface area (Å²) in [6, 6.07) is 11.8. The van der Waals surface area contributed by atoms with Gasteiger partial charge in [0.05, 0.1) is 18.4 Å². The van der Waals surface area contributed by atoms with Crippen LogP contribution in [0.15, 0.2) is 42.7 Å². The fraction of sp³-hybridized carbons (Fsp3) is 0.318. The molecule has 1 saturated heterocycles. The molecular formula is C22H23N5O2. The van der Waals surface area contributed by atoms with Crippen LogP contribution >= 0.6 is 0 Å². The van der Waals surface area contributed by atoms with Crippen LogP contribution < -0.4 is 5.32 Å². The first-order valence-corrected chi connectivity index (χ1v) is 9.77. The van der Waals surface area contributed by atoms with E-state index in [9.17, 15) is 9.90 Å². The average molecular weight is 389 g/mol. The van der Waals surface area contributed by atoms with Crippen LogP contribution in [-0.2, 0) is 11.4 Å². The van der Waals surface area contributed by atoms with E-state index in [1.54, 1.807) is 4.90 Å². The number of nitriles is 1. The second kappa shape index (κ2) is 8.33. The highest BCUT2D eigenvalue weighted by atomic mass is 16.3. The highest BCUT2D eigenvalue weighted by Crippen LogP contribution is 2.35. The molecule has 0 bridgehead atoms. The van der Waals surface area contributed by atoms with E-state index < -0.39 is 0 Å². The Morgan fingerprint density at radius 2 is 2.31 bits per heavy atom. The number of rotatable bonds is 5. The summed E-state index contributed by atoms with van der Waals surface area (Å²) in [4.78, 5) is 21.6. The zero-order chi connectivity index (χ0) is 20.2. The Hall–Kier alpha value is -3.37. The van der Waals surface area contributed by atoms with Crippen LogP contribution in [0.25, 0.3) is 22.2 Å². The van der Waals surface area contributed by atoms with Crippen molar-refractivity contribution in [3.05, 3.63) is 48.3 Å². The Morgan fingerprint density at radius 3 is 3.14 bits per heavy atom.